The van der Waals surface area contributed by atoms with Gasteiger partial charge in [0, 0.05) is 11.1 Å². The van der Waals surface area contributed by atoms with E-state index in [0.717, 1.165) is 11.4 Å². The van der Waals surface area contributed by atoms with Gasteiger partial charge in [-0.15, -0.1) is 0 Å². The molecule has 0 saturated carbocycles. The summed E-state index contributed by atoms with van der Waals surface area (Å²) in [6, 6.07) is 16.4. The Kier molecular flexibility index (Phi) is 3.82. The van der Waals surface area contributed by atoms with Crippen molar-refractivity contribution < 1.29 is 0 Å². The van der Waals surface area contributed by atoms with Crippen molar-refractivity contribution in [2.75, 3.05) is 0 Å². The van der Waals surface area contributed by atoms with Crippen LogP contribution in [0.5, 0.6) is 0 Å². The molecule has 1 unspecified atom stereocenters. The number of halogens is 1. The van der Waals surface area contributed by atoms with E-state index in [1.54, 1.807) is 0 Å². The van der Waals surface area contributed by atoms with Gasteiger partial charge in [0.2, 0.25) is 0 Å². The molecule has 0 saturated heterocycles. The maximum absolute atomic E-state index is 5.99. The Morgan fingerprint density at radius 2 is 1.41 bits per heavy atom. The molecular formula is C15H16ClN. The highest BCUT2D eigenvalue weighted by Gasteiger charge is 2.03. The Balaban J connectivity index is 2.26. The average molecular weight is 246 g/mol. The van der Waals surface area contributed by atoms with Crippen LogP contribution in [0.2, 0.25) is 5.02 Å². The molecule has 1 atom stereocenters. The van der Waals surface area contributed by atoms with Crippen LogP contribution in [0.25, 0.3) is 11.1 Å². The highest BCUT2D eigenvalue weighted by atomic mass is 35.5. The molecule has 0 aliphatic heterocycles. The predicted molar refractivity (Wildman–Crippen MR) is 74.1 cm³/mol. The van der Waals surface area contributed by atoms with E-state index < -0.39 is 0 Å². The largest absolute Gasteiger partial charge is 0.324 e. The lowest BCUT2D eigenvalue weighted by Crippen LogP contribution is -2.07. The SMILES string of the molecule is CCC(N)c1ccc(-c2ccc(Cl)cc2)cc1. The van der Waals surface area contributed by atoms with E-state index in [9.17, 15) is 0 Å². The fourth-order valence-electron chi connectivity index (χ4n) is 1.80. The molecule has 0 aromatic heterocycles. The number of hydrogen-bond acceptors (Lipinski definition) is 1. The van der Waals surface area contributed by atoms with Crippen LogP contribution < -0.4 is 5.73 Å². The quantitative estimate of drug-likeness (QED) is 0.851. The van der Waals surface area contributed by atoms with Gasteiger partial charge in [-0.3, -0.25) is 0 Å². The van der Waals surface area contributed by atoms with Crippen molar-refractivity contribution in [1.29, 1.82) is 0 Å². The molecule has 2 aromatic carbocycles. The first-order valence-electron chi connectivity index (χ1n) is 5.82. The van der Waals surface area contributed by atoms with E-state index in [0.29, 0.717) is 0 Å². The lowest BCUT2D eigenvalue weighted by Gasteiger charge is -2.10. The number of rotatable bonds is 3. The Hall–Kier alpha value is -1.31. The molecule has 0 radical (unpaired) electrons. The van der Waals surface area contributed by atoms with Crippen LogP contribution in [-0.2, 0) is 0 Å². The molecule has 0 fully saturated rings. The predicted octanol–water partition coefficient (Wildman–Crippen LogP) is 4.42. The van der Waals surface area contributed by atoms with Gasteiger partial charge in [0.05, 0.1) is 0 Å². The van der Waals surface area contributed by atoms with Crippen LogP contribution in [0.15, 0.2) is 48.5 Å². The maximum Gasteiger partial charge on any atom is 0.0406 e. The van der Waals surface area contributed by atoms with Gasteiger partial charge >= 0.3 is 0 Å². The number of hydrogen-bond donors (Lipinski definition) is 1. The molecule has 2 heteroatoms. The second-order valence-corrected chi connectivity index (χ2v) is 4.58. The number of benzene rings is 2. The van der Waals surface area contributed by atoms with Crippen LogP contribution >= 0.6 is 11.6 Å². The lowest BCUT2D eigenvalue weighted by molar-refractivity contribution is 0.699. The summed E-state index contributed by atoms with van der Waals surface area (Å²) in [5.41, 5.74) is 9.53. The maximum atomic E-state index is 5.99. The van der Waals surface area contributed by atoms with Gasteiger partial charge in [-0.25, -0.2) is 0 Å². The Morgan fingerprint density at radius 3 is 1.88 bits per heavy atom. The highest BCUT2D eigenvalue weighted by molar-refractivity contribution is 6.30. The molecule has 17 heavy (non-hydrogen) atoms. The van der Waals surface area contributed by atoms with Crippen molar-refractivity contribution in [3.05, 3.63) is 59.1 Å². The molecule has 0 aliphatic rings. The van der Waals surface area contributed by atoms with Crippen molar-refractivity contribution in [2.45, 2.75) is 19.4 Å². The summed E-state index contributed by atoms with van der Waals surface area (Å²) in [7, 11) is 0. The summed E-state index contributed by atoms with van der Waals surface area (Å²) in [6.07, 6.45) is 0.959. The first-order valence-corrected chi connectivity index (χ1v) is 6.20. The summed E-state index contributed by atoms with van der Waals surface area (Å²) >= 11 is 5.87. The van der Waals surface area contributed by atoms with Gasteiger partial charge in [0.15, 0.2) is 0 Å². The lowest BCUT2D eigenvalue weighted by atomic mass is 10.0. The zero-order valence-corrected chi connectivity index (χ0v) is 10.6. The third-order valence-electron chi connectivity index (χ3n) is 2.96. The fraction of sp³-hybridized carbons (Fsp3) is 0.200. The van der Waals surface area contributed by atoms with Crippen molar-refractivity contribution in [3.8, 4) is 11.1 Å². The van der Waals surface area contributed by atoms with Gasteiger partial charge in [-0.05, 0) is 35.2 Å². The summed E-state index contributed by atoms with van der Waals surface area (Å²) < 4.78 is 0. The van der Waals surface area contributed by atoms with Crippen molar-refractivity contribution >= 4 is 11.6 Å². The second kappa shape index (κ2) is 5.35. The van der Waals surface area contributed by atoms with Gasteiger partial charge in [0.25, 0.3) is 0 Å². The smallest absolute Gasteiger partial charge is 0.0406 e. The molecular weight excluding hydrogens is 230 g/mol. The minimum absolute atomic E-state index is 0.134. The molecule has 0 heterocycles. The fourth-order valence-corrected chi connectivity index (χ4v) is 1.93. The van der Waals surface area contributed by atoms with E-state index in [-0.39, 0.29) is 6.04 Å². The molecule has 2 N–H and O–H groups in total. The van der Waals surface area contributed by atoms with Crippen LogP contribution in [0.1, 0.15) is 24.9 Å². The molecule has 0 aliphatic carbocycles. The molecule has 0 spiro atoms. The minimum Gasteiger partial charge on any atom is -0.324 e. The zero-order chi connectivity index (χ0) is 12.3. The van der Waals surface area contributed by atoms with E-state index >= 15 is 0 Å². The molecule has 88 valence electrons. The Labute approximate surface area is 107 Å². The molecule has 1 nitrogen and oxygen atoms in total. The topological polar surface area (TPSA) is 26.0 Å². The highest BCUT2D eigenvalue weighted by Crippen LogP contribution is 2.23. The summed E-state index contributed by atoms with van der Waals surface area (Å²) in [4.78, 5) is 0. The monoisotopic (exact) mass is 245 g/mol. The average Bonchev–Trinajstić information content (AvgIpc) is 2.39. The van der Waals surface area contributed by atoms with E-state index in [1.165, 1.54) is 16.7 Å². The number of nitrogens with two attached hydrogens (primary N) is 1. The minimum atomic E-state index is 0.134. The second-order valence-electron chi connectivity index (χ2n) is 4.14. The Bertz CT molecular complexity index is 473. The molecule has 2 aromatic rings. The van der Waals surface area contributed by atoms with Crippen LogP contribution in [0.3, 0.4) is 0 Å². The Morgan fingerprint density at radius 1 is 0.941 bits per heavy atom. The first kappa shape index (κ1) is 12.2. The van der Waals surface area contributed by atoms with E-state index in [2.05, 4.69) is 31.2 Å². The van der Waals surface area contributed by atoms with Gasteiger partial charge < -0.3 is 5.73 Å². The van der Waals surface area contributed by atoms with Crippen molar-refractivity contribution in [1.82, 2.24) is 0 Å². The normalized spacial score (nSPS) is 12.4. The summed E-state index contributed by atoms with van der Waals surface area (Å²) in [5.74, 6) is 0. The van der Waals surface area contributed by atoms with Crippen LogP contribution in [0, 0.1) is 0 Å². The van der Waals surface area contributed by atoms with Gasteiger partial charge in [0.1, 0.15) is 0 Å². The summed E-state index contributed by atoms with van der Waals surface area (Å²) in [6.45, 7) is 2.10. The van der Waals surface area contributed by atoms with Crippen LogP contribution in [0.4, 0.5) is 0 Å². The molecule has 0 amide bonds. The van der Waals surface area contributed by atoms with Crippen LogP contribution in [-0.4, -0.2) is 0 Å². The van der Waals surface area contributed by atoms with Gasteiger partial charge in [-0.1, -0.05) is 54.9 Å². The van der Waals surface area contributed by atoms with Crippen molar-refractivity contribution in [2.24, 2.45) is 5.73 Å². The van der Waals surface area contributed by atoms with E-state index in [1.807, 2.05) is 24.3 Å². The third-order valence-corrected chi connectivity index (χ3v) is 3.21. The third kappa shape index (κ3) is 2.87. The molecule has 0 bridgehead atoms. The standard InChI is InChI=1S/C15H16ClN/c1-2-15(17)13-5-3-11(4-6-13)12-7-9-14(16)10-8-12/h3-10,15H,2,17H2,1H3. The van der Waals surface area contributed by atoms with Crippen molar-refractivity contribution in [3.63, 3.8) is 0 Å². The zero-order valence-electron chi connectivity index (χ0n) is 9.86. The molecule has 2 rings (SSSR count). The van der Waals surface area contributed by atoms with Gasteiger partial charge in [-0.2, -0.15) is 0 Å². The summed E-state index contributed by atoms with van der Waals surface area (Å²) in [5, 5.41) is 0.762. The van der Waals surface area contributed by atoms with E-state index in [4.69, 9.17) is 17.3 Å². The first-order chi connectivity index (χ1) is 8.20.